The number of aryl methyl sites for hydroxylation is 3. The van der Waals surface area contributed by atoms with E-state index >= 15 is 0 Å². The lowest BCUT2D eigenvalue weighted by molar-refractivity contribution is -0.124. The first kappa shape index (κ1) is 30.2. The van der Waals surface area contributed by atoms with Crippen LogP contribution in [0.2, 0.25) is 5.02 Å². The highest BCUT2D eigenvalue weighted by atomic mass is 79.9. The number of fused-ring (bicyclic) bond motifs is 1. The molecule has 9 heteroatoms. The van der Waals surface area contributed by atoms with Crippen molar-refractivity contribution in [3.05, 3.63) is 104 Å². The lowest BCUT2D eigenvalue weighted by atomic mass is 9.63. The van der Waals surface area contributed by atoms with Crippen molar-refractivity contribution in [1.29, 1.82) is 0 Å². The lowest BCUT2D eigenvalue weighted by Gasteiger charge is -2.37. The molecule has 5 aliphatic rings. The summed E-state index contributed by atoms with van der Waals surface area (Å²) in [5.74, 6) is -0.364. The molecule has 2 heterocycles. The van der Waals surface area contributed by atoms with Crippen molar-refractivity contribution < 1.29 is 23.9 Å². The topological polar surface area (TPSA) is 93.6 Å². The lowest BCUT2D eigenvalue weighted by Crippen LogP contribution is -2.40. The number of aromatic nitrogens is 1. The Bertz CT molecular complexity index is 2070. The first-order valence-electron chi connectivity index (χ1n) is 15.8. The van der Waals surface area contributed by atoms with Gasteiger partial charge in [0.2, 0.25) is 11.8 Å². The fourth-order valence-corrected chi connectivity index (χ4v) is 8.65. The van der Waals surface area contributed by atoms with E-state index in [0.717, 1.165) is 17.5 Å². The van der Waals surface area contributed by atoms with Crippen LogP contribution in [0, 0.1) is 56.3 Å². The monoisotopic (exact) mass is 708 g/mol. The van der Waals surface area contributed by atoms with E-state index in [-0.39, 0.29) is 46.8 Å². The summed E-state index contributed by atoms with van der Waals surface area (Å²) in [7, 11) is 0. The summed E-state index contributed by atoms with van der Waals surface area (Å²) in [5.41, 5.74) is 5.63. The van der Waals surface area contributed by atoms with E-state index in [4.69, 9.17) is 21.3 Å². The van der Waals surface area contributed by atoms with Crippen LogP contribution in [0.3, 0.4) is 0 Å². The van der Waals surface area contributed by atoms with Gasteiger partial charge in [0.15, 0.2) is 12.4 Å². The van der Waals surface area contributed by atoms with Crippen molar-refractivity contribution in [2.24, 2.45) is 35.5 Å². The van der Waals surface area contributed by atoms with Crippen molar-refractivity contribution >= 4 is 67.7 Å². The number of carbonyl (C=O) groups is 4. The van der Waals surface area contributed by atoms with Gasteiger partial charge >= 0.3 is 5.97 Å². The number of benzene rings is 3. The van der Waals surface area contributed by atoms with Crippen molar-refractivity contribution in [3.63, 3.8) is 0 Å². The number of Topliss-reactive ketones (excluding diaryl/α,β-unsaturated/α-hetero) is 1. The number of ether oxygens (including phenoxy) is 1. The highest BCUT2D eigenvalue weighted by molar-refractivity contribution is 9.10. The van der Waals surface area contributed by atoms with Crippen molar-refractivity contribution in [2.75, 3.05) is 11.5 Å². The normalized spacial score (nSPS) is 25.3. The number of pyridine rings is 1. The number of amides is 2. The molecule has 6 unspecified atom stereocenters. The van der Waals surface area contributed by atoms with Gasteiger partial charge in [-0.2, -0.15) is 0 Å². The Kier molecular flexibility index (Phi) is 7.04. The zero-order chi connectivity index (χ0) is 32.9. The van der Waals surface area contributed by atoms with E-state index in [1.54, 1.807) is 48.5 Å². The number of ketones is 1. The first-order chi connectivity index (χ1) is 22.5. The van der Waals surface area contributed by atoms with Gasteiger partial charge in [0.25, 0.3) is 0 Å². The Morgan fingerprint density at radius 3 is 2.21 bits per heavy atom. The molecular formula is C38H30BrClN2O5. The summed E-state index contributed by atoms with van der Waals surface area (Å²) in [6.07, 6.45) is 5.44. The Balaban J connectivity index is 1.10. The van der Waals surface area contributed by atoms with Crippen LogP contribution < -0.4 is 4.90 Å². The molecule has 0 radical (unpaired) electrons. The minimum Gasteiger partial charge on any atom is -0.454 e. The van der Waals surface area contributed by atoms with Crippen LogP contribution in [0.5, 0.6) is 0 Å². The van der Waals surface area contributed by atoms with Crippen LogP contribution in [0.25, 0.3) is 22.2 Å². The molecule has 7 nitrogen and oxygen atoms in total. The van der Waals surface area contributed by atoms with Crippen LogP contribution in [-0.2, 0) is 14.3 Å². The van der Waals surface area contributed by atoms with Gasteiger partial charge in [-0.1, -0.05) is 48.0 Å². The Labute approximate surface area is 285 Å². The molecule has 2 amide bonds. The molecule has 6 atom stereocenters. The Morgan fingerprint density at radius 2 is 1.57 bits per heavy atom. The average Bonchev–Trinajstić information content (AvgIpc) is 3.85. The van der Waals surface area contributed by atoms with E-state index in [2.05, 4.69) is 28.1 Å². The summed E-state index contributed by atoms with van der Waals surface area (Å²) in [6.45, 7) is 5.30. The molecule has 1 aliphatic heterocycles. The predicted molar refractivity (Wildman–Crippen MR) is 182 cm³/mol. The molecule has 9 rings (SSSR count). The third-order valence-corrected chi connectivity index (χ3v) is 12.0. The molecule has 3 fully saturated rings. The highest BCUT2D eigenvalue weighted by Gasteiger charge is 2.67. The molecular weight excluding hydrogens is 680 g/mol. The molecule has 1 saturated heterocycles. The summed E-state index contributed by atoms with van der Waals surface area (Å²) in [6, 6.07) is 15.9. The number of anilines is 1. The molecule has 4 aromatic rings. The molecule has 3 aromatic carbocycles. The third-order valence-electron chi connectivity index (χ3n) is 10.7. The van der Waals surface area contributed by atoms with Gasteiger partial charge in [-0.05, 0) is 114 Å². The summed E-state index contributed by atoms with van der Waals surface area (Å²) in [4.78, 5) is 60.0. The zero-order valence-corrected chi connectivity index (χ0v) is 28.3. The highest BCUT2D eigenvalue weighted by Crippen LogP contribution is 2.65. The minimum atomic E-state index is -0.668. The number of hydrogen-bond donors (Lipinski definition) is 0. The van der Waals surface area contributed by atoms with E-state index in [9.17, 15) is 19.2 Å². The summed E-state index contributed by atoms with van der Waals surface area (Å²) in [5, 5.41) is 0.996. The average molecular weight is 710 g/mol. The Hall–Kier alpha value is -4.14. The van der Waals surface area contributed by atoms with Crippen molar-refractivity contribution in [2.45, 2.75) is 27.2 Å². The van der Waals surface area contributed by atoms with Crippen LogP contribution >= 0.6 is 27.5 Å². The van der Waals surface area contributed by atoms with Crippen LogP contribution in [0.1, 0.15) is 43.8 Å². The maximum Gasteiger partial charge on any atom is 0.339 e. The van der Waals surface area contributed by atoms with Crippen LogP contribution in [0.15, 0.2) is 71.2 Å². The first-order valence-corrected chi connectivity index (χ1v) is 16.9. The standard InChI is InChI=1S/C38H30BrClN2O5/c1-17-4-5-21(12-18(17)2)31(43)16-47-38(46)28-15-30(41-35-19(3)34(40)29(39)14-27(28)35)20-6-8-22(9-7-20)42-36(44)32-23-10-11-24(26-13-25(23)26)33(32)37(42)45/h4-12,14-15,23-26,32-33H,13,16H2,1-3H3. The third kappa shape index (κ3) is 4.71. The second-order valence-corrected chi connectivity index (χ2v) is 14.5. The van der Waals surface area contributed by atoms with Gasteiger partial charge in [-0.15, -0.1) is 0 Å². The number of esters is 1. The second kappa shape index (κ2) is 11.0. The molecule has 4 aliphatic carbocycles. The quantitative estimate of drug-likeness (QED) is 0.0877. The number of imide groups is 1. The fraction of sp³-hybridized carbons (Fsp3) is 0.289. The van der Waals surface area contributed by atoms with E-state index < -0.39 is 12.6 Å². The predicted octanol–water partition coefficient (Wildman–Crippen LogP) is 7.84. The van der Waals surface area contributed by atoms with Gasteiger partial charge in [0, 0.05) is 21.0 Å². The maximum atomic E-state index is 13.6. The van der Waals surface area contributed by atoms with Gasteiger partial charge in [-0.25, -0.2) is 9.78 Å². The van der Waals surface area contributed by atoms with E-state index in [1.807, 2.05) is 26.8 Å². The minimum absolute atomic E-state index is 0.113. The molecule has 0 N–H and O–H groups in total. The molecule has 0 spiro atoms. The smallest absolute Gasteiger partial charge is 0.339 e. The van der Waals surface area contributed by atoms with Crippen LogP contribution in [-0.4, -0.2) is 35.2 Å². The van der Waals surface area contributed by atoms with Crippen molar-refractivity contribution in [3.8, 4) is 11.3 Å². The van der Waals surface area contributed by atoms with Crippen LogP contribution in [0.4, 0.5) is 5.69 Å². The zero-order valence-electron chi connectivity index (χ0n) is 25.9. The van der Waals surface area contributed by atoms with Crippen molar-refractivity contribution in [1.82, 2.24) is 4.98 Å². The number of halogens is 2. The number of rotatable bonds is 6. The molecule has 1 aromatic heterocycles. The molecule has 47 heavy (non-hydrogen) atoms. The van der Waals surface area contributed by atoms with Gasteiger partial charge in [0.1, 0.15) is 0 Å². The number of nitrogens with zero attached hydrogens (tertiary/aromatic N) is 2. The largest absolute Gasteiger partial charge is 0.454 e. The second-order valence-electron chi connectivity index (χ2n) is 13.3. The van der Waals surface area contributed by atoms with E-state index in [0.29, 0.717) is 60.3 Å². The maximum absolute atomic E-state index is 13.6. The summed E-state index contributed by atoms with van der Waals surface area (Å²) < 4.78 is 6.16. The number of hydrogen-bond acceptors (Lipinski definition) is 6. The molecule has 2 saturated carbocycles. The van der Waals surface area contributed by atoms with Gasteiger partial charge in [0.05, 0.1) is 39.3 Å². The van der Waals surface area contributed by atoms with E-state index in [1.165, 1.54) is 4.90 Å². The Morgan fingerprint density at radius 1 is 0.915 bits per heavy atom. The van der Waals surface area contributed by atoms with Gasteiger partial charge < -0.3 is 4.74 Å². The summed E-state index contributed by atoms with van der Waals surface area (Å²) >= 11 is 10.0. The number of carbonyl (C=O) groups excluding carboxylic acids is 4. The molecule has 236 valence electrons. The fourth-order valence-electron chi connectivity index (χ4n) is 7.98. The SMILES string of the molecule is Cc1ccc(C(=O)COC(=O)c2cc(-c3ccc(N4C(=O)C5C6C=CC(C7CC67)C5C4=O)cc3)nc3c(C)c(Cl)c(Br)cc23)cc1C. The molecule has 2 bridgehead atoms. The number of allylic oxidation sites excluding steroid dienone is 2. The van der Waals surface area contributed by atoms with Gasteiger partial charge in [-0.3, -0.25) is 19.3 Å².